The van der Waals surface area contributed by atoms with Gasteiger partial charge in [0.05, 0.1) is 22.1 Å². The number of benzene rings is 8. The van der Waals surface area contributed by atoms with Crippen LogP contribution in [0.15, 0.2) is 182 Å². The SMILES string of the molecule is CC1(C)c2ccccc2-c2ccc(-c3cccc(-n4c5ccccc5c5ccc(-c6ccc7c(c6)c6ccccc6n7-c6ccccc6)cc54)c3)cc21. The Morgan fingerprint density at radius 1 is 0.321 bits per heavy atom. The molecule has 0 aliphatic heterocycles. The van der Waals surface area contributed by atoms with Gasteiger partial charge < -0.3 is 9.13 Å². The Kier molecular flexibility index (Phi) is 6.33. The van der Waals surface area contributed by atoms with E-state index in [0.29, 0.717) is 0 Å². The summed E-state index contributed by atoms with van der Waals surface area (Å²) >= 11 is 0. The molecule has 0 N–H and O–H groups in total. The molecule has 1 aliphatic carbocycles. The highest BCUT2D eigenvalue weighted by molar-refractivity contribution is 6.12. The van der Waals surface area contributed by atoms with Crippen LogP contribution in [-0.4, -0.2) is 9.13 Å². The molecule has 0 saturated carbocycles. The van der Waals surface area contributed by atoms with E-state index in [0.717, 1.165) is 5.69 Å². The van der Waals surface area contributed by atoms with Crippen molar-refractivity contribution in [2.24, 2.45) is 0 Å². The number of para-hydroxylation sites is 3. The van der Waals surface area contributed by atoms with Crippen LogP contribution in [0.25, 0.3) is 88.4 Å². The topological polar surface area (TPSA) is 9.86 Å². The van der Waals surface area contributed by atoms with Crippen LogP contribution in [0.3, 0.4) is 0 Å². The van der Waals surface area contributed by atoms with Gasteiger partial charge in [-0.25, -0.2) is 0 Å². The van der Waals surface area contributed by atoms with Gasteiger partial charge in [0.1, 0.15) is 0 Å². The summed E-state index contributed by atoms with van der Waals surface area (Å²) in [5.41, 5.74) is 17.5. The maximum atomic E-state index is 2.45. The van der Waals surface area contributed by atoms with Crippen LogP contribution in [-0.2, 0) is 5.41 Å². The van der Waals surface area contributed by atoms with E-state index in [2.05, 4.69) is 205 Å². The van der Waals surface area contributed by atoms with Crippen LogP contribution in [0.5, 0.6) is 0 Å². The highest BCUT2D eigenvalue weighted by atomic mass is 15.0. The van der Waals surface area contributed by atoms with Gasteiger partial charge in [-0.1, -0.05) is 135 Å². The Hall–Kier alpha value is -6.64. The lowest BCUT2D eigenvalue weighted by Gasteiger charge is -2.22. The van der Waals surface area contributed by atoms with Crippen molar-refractivity contribution in [2.45, 2.75) is 19.3 Å². The summed E-state index contributed by atoms with van der Waals surface area (Å²) < 4.78 is 4.83. The maximum absolute atomic E-state index is 2.45. The van der Waals surface area contributed by atoms with Gasteiger partial charge >= 0.3 is 0 Å². The summed E-state index contributed by atoms with van der Waals surface area (Å²) in [5, 5.41) is 5.04. The molecule has 2 nitrogen and oxygen atoms in total. The molecule has 0 radical (unpaired) electrons. The first kappa shape index (κ1) is 30.0. The first-order valence-electron chi connectivity index (χ1n) is 18.5. The molecular formula is C51H36N2. The zero-order chi connectivity index (χ0) is 35.3. The summed E-state index contributed by atoms with van der Waals surface area (Å²) in [6.45, 7) is 4.71. The minimum Gasteiger partial charge on any atom is -0.309 e. The van der Waals surface area contributed by atoms with Gasteiger partial charge in [-0.15, -0.1) is 0 Å². The number of aromatic nitrogens is 2. The minimum atomic E-state index is -0.0394. The molecule has 0 bridgehead atoms. The predicted octanol–water partition coefficient (Wildman–Crippen LogP) is 13.5. The van der Waals surface area contributed by atoms with E-state index in [1.54, 1.807) is 0 Å². The van der Waals surface area contributed by atoms with Gasteiger partial charge in [0.15, 0.2) is 0 Å². The second kappa shape index (κ2) is 11.2. The third-order valence-corrected chi connectivity index (χ3v) is 11.7. The number of hydrogen-bond donors (Lipinski definition) is 0. The molecule has 0 amide bonds. The van der Waals surface area contributed by atoms with Crippen molar-refractivity contribution in [2.75, 3.05) is 0 Å². The number of fused-ring (bicyclic) bond motifs is 9. The second-order valence-electron chi connectivity index (χ2n) is 15.0. The molecule has 0 spiro atoms. The fraction of sp³-hybridized carbons (Fsp3) is 0.0588. The van der Waals surface area contributed by atoms with E-state index in [1.165, 1.54) is 93.8 Å². The highest BCUT2D eigenvalue weighted by Crippen LogP contribution is 2.49. The average Bonchev–Trinajstić information content (AvgIpc) is 3.81. The van der Waals surface area contributed by atoms with Gasteiger partial charge in [0.25, 0.3) is 0 Å². The fourth-order valence-electron chi connectivity index (χ4n) is 9.14. The maximum Gasteiger partial charge on any atom is 0.0547 e. The third kappa shape index (κ3) is 4.39. The molecule has 250 valence electrons. The fourth-order valence-corrected chi connectivity index (χ4v) is 9.14. The predicted molar refractivity (Wildman–Crippen MR) is 224 cm³/mol. The lowest BCUT2D eigenvalue weighted by molar-refractivity contribution is 0.660. The first-order valence-corrected chi connectivity index (χ1v) is 18.5. The zero-order valence-corrected chi connectivity index (χ0v) is 29.7. The van der Waals surface area contributed by atoms with E-state index in [4.69, 9.17) is 0 Å². The Balaban J connectivity index is 1.06. The number of nitrogens with zero attached hydrogens (tertiary/aromatic N) is 2. The highest BCUT2D eigenvalue weighted by Gasteiger charge is 2.35. The Bertz CT molecular complexity index is 3080. The van der Waals surface area contributed by atoms with Gasteiger partial charge in [-0.2, -0.15) is 0 Å². The molecule has 11 rings (SSSR count). The monoisotopic (exact) mass is 676 g/mol. The van der Waals surface area contributed by atoms with Crippen molar-refractivity contribution in [1.82, 2.24) is 9.13 Å². The van der Waals surface area contributed by atoms with Crippen molar-refractivity contribution < 1.29 is 0 Å². The largest absolute Gasteiger partial charge is 0.309 e. The lowest BCUT2D eigenvalue weighted by Crippen LogP contribution is -2.14. The van der Waals surface area contributed by atoms with Crippen LogP contribution in [0.4, 0.5) is 0 Å². The molecule has 10 aromatic rings. The van der Waals surface area contributed by atoms with Crippen molar-refractivity contribution in [3.63, 3.8) is 0 Å². The van der Waals surface area contributed by atoms with Gasteiger partial charge in [-0.3, -0.25) is 0 Å². The molecule has 0 saturated heterocycles. The zero-order valence-electron chi connectivity index (χ0n) is 29.7. The molecule has 1 aliphatic rings. The van der Waals surface area contributed by atoms with Crippen molar-refractivity contribution in [3.05, 3.63) is 193 Å². The summed E-state index contributed by atoms with van der Waals surface area (Å²) in [5.74, 6) is 0. The Morgan fingerprint density at radius 2 is 0.868 bits per heavy atom. The van der Waals surface area contributed by atoms with E-state index < -0.39 is 0 Å². The Labute approximate surface area is 308 Å². The smallest absolute Gasteiger partial charge is 0.0547 e. The van der Waals surface area contributed by atoms with Gasteiger partial charge in [-0.05, 0) is 105 Å². The van der Waals surface area contributed by atoms with E-state index in [-0.39, 0.29) is 5.41 Å². The summed E-state index contributed by atoms with van der Waals surface area (Å²) in [6.07, 6.45) is 0. The summed E-state index contributed by atoms with van der Waals surface area (Å²) in [7, 11) is 0. The molecule has 0 fully saturated rings. The van der Waals surface area contributed by atoms with E-state index >= 15 is 0 Å². The molecule has 2 aromatic heterocycles. The quantitative estimate of drug-likeness (QED) is 0.176. The van der Waals surface area contributed by atoms with Gasteiger partial charge in [0, 0.05) is 38.3 Å². The number of hydrogen-bond acceptors (Lipinski definition) is 0. The standard InChI is InChI=1S/C51H36N2/c1-51(2)45-20-9-6-17-39(45)40-26-23-35(31-46(40)51)33-13-12-16-38(29-33)53-47-21-10-7-18-41(47)43-27-24-36(32-50(43)53)34-25-28-49-44(30-34)42-19-8-11-22-48(42)52(49)37-14-4-3-5-15-37/h3-32H,1-2H3. The van der Waals surface area contributed by atoms with Crippen LogP contribution in [0.1, 0.15) is 25.0 Å². The van der Waals surface area contributed by atoms with Gasteiger partial charge in [0.2, 0.25) is 0 Å². The van der Waals surface area contributed by atoms with Crippen LogP contribution in [0.2, 0.25) is 0 Å². The summed E-state index contributed by atoms with van der Waals surface area (Å²) in [6, 6.07) is 67.1. The van der Waals surface area contributed by atoms with Crippen molar-refractivity contribution in [3.8, 4) is 44.8 Å². The molecule has 8 aromatic carbocycles. The molecule has 2 heterocycles. The van der Waals surface area contributed by atoms with Crippen LogP contribution in [0, 0.1) is 0 Å². The first-order chi connectivity index (χ1) is 26.0. The molecule has 53 heavy (non-hydrogen) atoms. The van der Waals surface area contributed by atoms with Crippen molar-refractivity contribution >= 4 is 43.6 Å². The second-order valence-corrected chi connectivity index (χ2v) is 15.0. The van der Waals surface area contributed by atoms with Crippen molar-refractivity contribution in [1.29, 1.82) is 0 Å². The Morgan fingerprint density at radius 3 is 1.70 bits per heavy atom. The molecule has 2 heteroatoms. The average molecular weight is 677 g/mol. The summed E-state index contributed by atoms with van der Waals surface area (Å²) in [4.78, 5) is 0. The lowest BCUT2D eigenvalue weighted by atomic mass is 9.81. The molecular weight excluding hydrogens is 641 g/mol. The van der Waals surface area contributed by atoms with Crippen LogP contribution >= 0.6 is 0 Å². The van der Waals surface area contributed by atoms with E-state index in [9.17, 15) is 0 Å². The molecule has 0 atom stereocenters. The normalized spacial score (nSPS) is 13.2. The molecule has 0 unspecified atom stereocenters. The third-order valence-electron chi connectivity index (χ3n) is 11.7. The number of rotatable bonds is 4. The van der Waals surface area contributed by atoms with E-state index in [1.807, 2.05) is 0 Å². The minimum absolute atomic E-state index is 0.0394. The van der Waals surface area contributed by atoms with Crippen LogP contribution < -0.4 is 0 Å².